The number of aliphatic hydroxyl groups excluding tert-OH is 1. The maximum atomic E-state index is 11.1. The molecule has 1 aliphatic carbocycles. The highest BCUT2D eigenvalue weighted by molar-refractivity contribution is 5.79. The van der Waals surface area contributed by atoms with Gasteiger partial charge in [-0.05, 0) is 25.0 Å². The molecule has 0 aromatic heterocycles. The minimum atomic E-state index is -0.515. The van der Waals surface area contributed by atoms with E-state index in [2.05, 4.69) is 5.32 Å². The van der Waals surface area contributed by atoms with Crippen LogP contribution in [0.1, 0.15) is 42.5 Å². The minimum absolute atomic E-state index is 0.133. The van der Waals surface area contributed by atoms with Gasteiger partial charge in [0.15, 0.2) is 0 Å². The van der Waals surface area contributed by atoms with E-state index in [1.165, 1.54) is 18.2 Å². The molecule has 0 amide bonds. The van der Waals surface area contributed by atoms with Crippen molar-refractivity contribution in [3.8, 4) is 0 Å². The molecule has 2 atom stereocenters. The Hall–Kier alpha value is -1.95. The lowest BCUT2D eigenvalue weighted by Crippen LogP contribution is -2.32. The van der Waals surface area contributed by atoms with E-state index in [1.54, 1.807) is 0 Å². The number of nitrogens with zero attached hydrogens (tertiary/aromatic N) is 1. The highest BCUT2D eigenvalue weighted by Crippen LogP contribution is 2.28. The van der Waals surface area contributed by atoms with Crippen LogP contribution in [0.3, 0.4) is 0 Å². The van der Waals surface area contributed by atoms with Gasteiger partial charge in [-0.2, -0.15) is 0 Å². The first-order valence-electron chi connectivity index (χ1n) is 6.80. The van der Waals surface area contributed by atoms with E-state index < -0.39 is 11.0 Å². The summed E-state index contributed by atoms with van der Waals surface area (Å²) in [5, 5.41) is 24.2. The second kappa shape index (κ2) is 6.47. The van der Waals surface area contributed by atoms with Crippen LogP contribution < -0.4 is 5.32 Å². The van der Waals surface area contributed by atoms with Crippen LogP contribution in [-0.2, 0) is 0 Å². The van der Waals surface area contributed by atoms with Gasteiger partial charge < -0.3 is 10.4 Å². The quantitative estimate of drug-likeness (QED) is 0.382. The SMILES string of the molecule is O=Cc1ccc(NC2CCCCCC2O)c([N+](=O)[O-])c1. The molecule has 0 aliphatic heterocycles. The highest BCUT2D eigenvalue weighted by Gasteiger charge is 2.24. The summed E-state index contributed by atoms with van der Waals surface area (Å²) in [5.74, 6) is 0. The van der Waals surface area contributed by atoms with Gasteiger partial charge in [0.2, 0.25) is 0 Å². The molecule has 0 heterocycles. The van der Waals surface area contributed by atoms with Crippen LogP contribution in [0.5, 0.6) is 0 Å². The van der Waals surface area contributed by atoms with E-state index in [4.69, 9.17) is 0 Å². The molecule has 1 aromatic carbocycles. The van der Waals surface area contributed by atoms with Gasteiger partial charge in [-0.15, -0.1) is 0 Å². The molecule has 0 spiro atoms. The largest absolute Gasteiger partial charge is 0.391 e. The smallest absolute Gasteiger partial charge is 0.293 e. The molecule has 20 heavy (non-hydrogen) atoms. The molecule has 2 unspecified atom stereocenters. The number of aliphatic hydroxyl groups is 1. The Labute approximate surface area is 117 Å². The van der Waals surface area contributed by atoms with Crippen LogP contribution in [0, 0.1) is 10.1 Å². The molecule has 6 nitrogen and oxygen atoms in total. The van der Waals surface area contributed by atoms with E-state index in [0.717, 1.165) is 25.7 Å². The van der Waals surface area contributed by atoms with Gasteiger partial charge in [0.1, 0.15) is 12.0 Å². The number of carbonyl (C=O) groups is 1. The predicted molar refractivity (Wildman–Crippen MR) is 75.0 cm³/mol. The first kappa shape index (κ1) is 14.5. The van der Waals surface area contributed by atoms with Crippen LogP contribution in [0.15, 0.2) is 18.2 Å². The lowest BCUT2D eigenvalue weighted by atomic mass is 10.1. The molecule has 6 heteroatoms. The standard InChI is InChI=1S/C14H18N2O4/c17-9-10-6-7-11(13(8-10)16(19)20)15-12-4-2-1-3-5-14(12)18/h6-9,12,14-15,18H,1-5H2. The molecule has 1 aliphatic rings. The van der Waals surface area contributed by atoms with Crippen LogP contribution >= 0.6 is 0 Å². The van der Waals surface area contributed by atoms with Gasteiger partial charge in [-0.1, -0.05) is 19.3 Å². The second-order valence-corrected chi connectivity index (χ2v) is 5.11. The summed E-state index contributed by atoms with van der Waals surface area (Å²) in [6, 6.07) is 4.13. The molecular weight excluding hydrogens is 260 g/mol. The highest BCUT2D eigenvalue weighted by atomic mass is 16.6. The molecule has 0 radical (unpaired) electrons. The molecule has 108 valence electrons. The Bertz CT molecular complexity index is 504. The number of aldehydes is 1. The fraction of sp³-hybridized carbons (Fsp3) is 0.500. The number of nitro groups is 1. The summed E-state index contributed by atoms with van der Waals surface area (Å²) in [6.45, 7) is 0. The lowest BCUT2D eigenvalue weighted by Gasteiger charge is -2.22. The van der Waals surface area contributed by atoms with Crippen molar-refractivity contribution in [1.29, 1.82) is 0 Å². The molecular formula is C14H18N2O4. The number of hydrogen-bond acceptors (Lipinski definition) is 5. The number of anilines is 1. The molecule has 0 saturated heterocycles. The van der Waals surface area contributed by atoms with Crippen molar-refractivity contribution in [2.24, 2.45) is 0 Å². The van der Waals surface area contributed by atoms with Crippen LogP contribution in [0.25, 0.3) is 0 Å². The normalized spacial score (nSPS) is 22.9. The maximum absolute atomic E-state index is 11.1. The average molecular weight is 278 g/mol. The summed E-state index contributed by atoms with van der Waals surface area (Å²) in [5.41, 5.74) is 0.487. The molecule has 1 saturated carbocycles. The van der Waals surface area contributed by atoms with Crippen molar-refractivity contribution in [2.75, 3.05) is 5.32 Å². The van der Waals surface area contributed by atoms with Gasteiger partial charge in [0, 0.05) is 11.6 Å². The molecule has 0 bridgehead atoms. The number of nitro benzene ring substituents is 1. The molecule has 2 N–H and O–H groups in total. The summed E-state index contributed by atoms with van der Waals surface area (Å²) in [4.78, 5) is 21.2. The average Bonchev–Trinajstić information content (AvgIpc) is 2.64. The number of nitrogens with one attached hydrogen (secondary N) is 1. The number of carbonyl (C=O) groups excluding carboxylic acids is 1. The Balaban J connectivity index is 2.23. The van der Waals surface area contributed by atoms with Crippen molar-refractivity contribution in [3.63, 3.8) is 0 Å². The first-order chi connectivity index (χ1) is 9.61. The van der Waals surface area contributed by atoms with Crippen LogP contribution in [0.4, 0.5) is 11.4 Å². The van der Waals surface area contributed by atoms with E-state index in [-0.39, 0.29) is 17.3 Å². The van der Waals surface area contributed by atoms with E-state index >= 15 is 0 Å². The lowest BCUT2D eigenvalue weighted by molar-refractivity contribution is -0.384. The van der Waals surface area contributed by atoms with Gasteiger partial charge in [0.25, 0.3) is 5.69 Å². The Kier molecular flexibility index (Phi) is 4.68. The molecule has 1 aromatic rings. The first-order valence-corrected chi connectivity index (χ1v) is 6.80. The summed E-state index contributed by atoms with van der Waals surface area (Å²) < 4.78 is 0. The van der Waals surface area contributed by atoms with Crippen molar-refractivity contribution in [3.05, 3.63) is 33.9 Å². The number of hydrogen-bond donors (Lipinski definition) is 2. The Morgan fingerprint density at radius 2 is 2.05 bits per heavy atom. The Morgan fingerprint density at radius 1 is 1.30 bits per heavy atom. The van der Waals surface area contributed by atoms with Gasteiger partial charge in [0.05, 0.1) is 17.1 Å². The van der Waals surface area contributed by atoms with Crippen molar-refractivity contribution in [1.82, 2.24) is 0 Å². The van der Waals surface area contributed by atoms with Gasteiger partial charge in [-0.25, -0.2) is 0 Å². The zero-order valence-electron chi connectivity index (χ0n) is 11.1. The topological polar surface area (TPSA) is 92.5 Å². The second-order valence-electron chi connectivity index (χ2n) is 5.11. The number of benzene rings is 1. The molecule has 2 rings (SSSR count). The number of rotatable bonds is 4. The van der Waals surface area contributed by atoms with Crippen molar-refractivity contribution >= 4 is 17.7 Å². The Morgan fingerprint density at radius 3 is 2.75 bits per heavy atom. The summed E-state index contributed by atoms with van der Waals surface area (Å²) >= 11 is 0. The zero-order valence-corrected chi connectivity index (χ0v) is 11.1. The zero-order chi connectivity index (χ0) is 14.5. The third-order valence-corrected chi connectivity index (χ3v) is 3.67. The fourth-order valence-electron chi connectivity index (χ4n) is 2.55. The van der Waals surface area contributed by atoms with Crippen LogP contribution in [0.2, 0.25) is 0 Å². The monoisotopic (exact) mass is 278 g/mol. The van der Waals surface area contributed by atoms with Crippen molar-refractivity contribution < 1.29 is 14.8 Å². The molecule has 1 fully saturated rings. The van der Waals surface area contributed by atoms with E-state index in [9.17, 15) is 20.0 Å². The van der Waals surface area contributed by atoms with E-state index in [0.29, 0.717) is 18.4 Å². The van der Waals surface area contributed by atoms with Gasteiger partial charge in [-0.3, -0.25) is 14.9 Å². The van der Waals surface area contributed by atoms with Crippen LogP contribution in [-0.4, -0.2) is 28.5 Å². The van der Waals surface area contributed by atoms with Gasteiger partial charge >= 0.3 is 0 Å². The van der Waals surface area contributed by atoms with Crippen molar-refractivity contribution in [2.45, 2.75) is 44.2 Å². The fourth-order valence-corrected chi connectivity index (χ4v) is 2.55. The third kappa shape index (κ3) is 3.33. The van der Waals surface area contributed by atoms with E-state index in [1.807, 2.05) is 0 Å². The summed E-state index contributed by atoms with van der Waals surface area (Å²) in [6.07, 6.45) is 4.62. The summed E-state index contributed by atoms with van der Waals surface area (Å²) in [7, 11) is 0. The third-order valence-electron chi connectivity index (χ3n) is 3.67. The maximum Gasteiger partial charge on any atom is 0.293 e. The predicted octanol–water partition coefficient (Wildman–Crippen LogP) is 2.51. The minimum Gasteiger partial charge on any atom is -0.391 e.